The molecule has 5 nitrogen and oxygen atoms in total. The first kappa shape index (κ1) is 19.8. The van der Waals surface area contributed by atoms with Gasteiger partial charge in [0, 0.05) is 6.54 Å². The van der Waals surface area contributed by atoms with Gasteiger partial charge in [0.1, 0.15) is 6.04 Å². The highest BCUT2D eigenvalue weighted by atomic mass is 32.2. The molecule has 1 atom stereocenters. The fraction of sp³-hybridized carbons (Fsp3) is 0.632. The van der Waals surface area contributed by atoms with Gasteiger partial charge in [-0.15, -0.1) is 0 Å². The van der Waals surface area contributed by atoms with E-state index in [9.17, 15) is 13.2 Å². The number of carbonyl (C=O) groups is 1. The number of hydrogen-bond acceptors (Lipinski definition) is 3. The van der Waals surface area contributed by atoms with E-state index in [0.29, 0.717) is 24.6 Å². The van der Waals surface area contributed by atoms with Crippen LogP contribution in [-0.4, -0.2) is 33.2 Å². The maximum Gasteiger partial charge on any atom is 0.243 e. The van der Waals surface area contributed by atoms with Crippen molar-refractivity contribution in [2.45, 2.75) is 58.4 Å². The SMILES string of the molecule is CCC(C(=O)NCC1CCCCC1)N(c1ccc(C)cc1)S(C)(=O)=O. The van der Waals surface area contributed by atoms with Crippen LogP contribution >= 0.6 is 0 Å². The predicted molar refractivity (Wildman–Crippen MR) is 102 cm³/mol. The molecule has 0 aromatic heterocycles. The molecule has 1 aromatic rings. The topological polar surface area (TPSA) is 66.5 Å². The fourth-order valence-electron chi connectivity index (χ4n) is 3.51. The Morgan fingerprint density at radius 1 is 1.20 bits per heavy atom. The van der Waals surface area contributed by atoms with E-state index in [2.05, 4.69) is 5.32 Å². The van der Waals surface area contributed by atoms with Gasteiger partial charge < -0.3 is 5.32 Å². The first-order valence-electron chi connectivity index (χ1n) is 9.16. The molecule has 1 aliphatic carbocycles. The summed E-state index contributed by atoms with van der Waals surface area (Å²) in [5, 5.41) is 2.99. The summed E-state index contributed by atoms with van der Waals surface area (Å²) >= 11 is 0. The number of hydrogen-bond donors (Lipinski definition) is 1. The third-order valence-corrected chi connectivity index (χ3v) is 6.09. The van der Waals surface area contributed by atoms with Gasteiger partial charge in [0.05, 0.1) is 11.9 Å². The molecule has 1 amide bonds. The number of sulfonamides is 1. The van der Waals surface area contributed by atoms with Gasteiger partial charge in [-0.2, -0.15) is 0 Å². The van der Waals surface area contributed by atoms with E-state index in [1.807, 2.05) is 26.0 Å². The summed E-state index contributed by atoms with van der Waals surface area (Å²) in [6, 6.07) is 6.52. The molecule has 0 heterocycles. The van der Waals surface area contributed by atoms with Gasteiger partial charge in [-0.05, 0) is 44.2 Å². The van der Waals surface area contributed by atoms with E-state index in [4.69, 9.17) is 0 Å². The number of amides is 1. The number of nitrogens with one attached hydrogen (secondary N) is 1. The van der Waals surface area contributed by atoms with Crippen LogP contribution in [0.4, 0.5) is 5.69 Å². The number of carbonyl (C=O) groups excluding carboxylic acids is 1. The predicted octanol–water partition coefficient (Wildman–Crippen LogP) is 3.24. The Hall–Kier alpha value is -1.56. The second-order valence-corrected chi connectivity index (χ2v) is 8.93. The van der Waals surface area contributed by atoms with E-state index < -0.39 is 16.1 Å². The van der Waals surface area contributed by atoms with Crippen molar-refractivity contribution in [2.75, 3.05) is 17.1 Å². The smallest absolute Gasteiger partial charge is 0.243 e. The van der Waals surface area contributed by atoms with Crippen LogP contribution in [0.2, 0.25) is 0 Å². The van der Waals surface area contributed by atoms with Crippen LogP contribution in [0.5, 0.6) is 0 Å². The molecular formula is C19H30N2O3S. The third-order valence-electron chi connectivity index (χ3n) is 4.91. The van der Waals surface area contributed by atoms with Crippen molar-refractivity contribution in [3.8, 4) is 0 Å². The molecule has 1 unspecified atom stereocenters. The zero-order valence-electron chi connectivity index (χ0n) is 15.5. The molecule has 0 aliphatic heterocycles. The van der Waals surface area contributed by atoms with Crippen molar-refractivity contribution in [1.82, 2.24) is 5.32 Å². The number of rotatable bonds is 7. The minimum Gasteiger partial charge on any atom is -0.354 e. The van der Waals surface area contributed by atoms with Gasteiger partial charge in [-0.25, -0.2) is 8.42 Å². The Bertz CT molecular complexity index is 664. The van der Waals surface area contributed by atoms with Crippen molar-refractivity contribution < 1.29 is 13.2 Å². The fourth-order valence-corrected chi connectivity index (χ4v) is 4.72. The molecule has 1 fully saturated rings. The highest BCUT2D eigenvalue weighted by molar-refractivity contribution is 7.92. The lowest BCUT2D eigenvalue weighted by molar-refractivity contribution is -0.122. The standard InChI is InChI=1S/C19H30N2O3S/c1-4-18(19(22)20-14-16-8-6-5-7-9-16)21(25(3,23)24)17-12-10-15(2)11-13-17/h10-13,16,18H,4-9,14H2,1-3H3,(H,20,22). The lowest BCUT2D eigenvalue weighted by Crippen LogP contribution is -2.50. The minimum atomic E-state index is -3.56. The van der Waals surface area contributed by atoms with E-state index in [-0.39, 0.29) is 5.91 Å². The second kappa shape index (κ2) is 8.70. The first-order valence-corrected chi connectivity index (χ1v) is 11.0. The molecule has 1 aromatic carbocycles. The maximum atomic E-state index is 12.7. The van der Waals surface area contributed by atoms with Crippen LogP contribution in [0.1, 0.15) is 51.0 Å². The molecule has 0 bridgehead atoms. The van der Waals surface area contributed by atoms with Crippen molar-refractivity contribution >= 4 is 21.6 Å². The number of anilines is 1. The zero-order valence-corrected chi connectivity index (χ0v) is 16.3. The molecule has 1 saturated carbocycles. The highest BCUT2D eigenvalue weighted by Crippen LogP contribution is 2.24. The summed E-state index contributed by atoms with van der Waals surface area (Å²) in [5.74, 6) is 0.306. The summed E-state index contributed by atoms with van der Waals surface area (Å²) in [7, 11) is -3.56. The van der Waals surface area contributed by atoms with Crippen LogP contribution in [0.3, 0.4) is 0 Å². The third kappa shape index (κ3) is 5.46. The molecule has 25 heavy (non-hydrogen) atoms. The second-order valence-electron chi connectivity index (χ2n) is 7.07. The molecule has 6 heteroatoms. The summed E-state index contributed by atoms with van der Waals surface area (Å²) in [6.07, 6.45) is 7.58. The van der Waals surface area contributed by atoms with Gasteiger partial charge in [0.15, 0.2) is 0 Å². The Morgan fingerprint density at radius 2 is 1.80 bits per heavy atom. The van der Waals surface area contributed by atoms with E-state index in [1.165, 1.54) is 23.6 Å². The van der Waals surface area contributed by atoms with Crippen LogP contribution in [0.25, 0.3) is 0 Å². The number of aryl methyl sites for hydroxylation is 1. The Morgan fingerprint density at radius 3 is 2.32 bits per heavy atom. The minimum absolute atomic E-state index is 0.209. The first-order chi connectivity index (χ1) is 11.8. The average molecular weight is 367 g/mol. The quantitative estimate of drug-likeness (QED) is 0.805. The van der Waals surface area contributed by atoms with Crippen LogP contribution in [-0.2, 0) is 14.8 Å². The van der Waals surface area contributed by atoms with Crippen LogP contribution in [0.15, 0.2) is 24.3 Å². The monoisotopic (exact) mass is 366 g/mol. The van der Waals surface area contributed by atoms with Crippen LogP contribution < -0.4 is 9.62 Å². The molecule has 140 valence electrons. The van der Waals surface area contributed by atoms with Gasteiger partial charge in [-0.1, -0.05) is 43.9 Å². The normalized spacial score (nSPS) is 17.1. The van der Waals surface area contributed by atoms with Gasteiger partial charge in [0.2, 0.25) is 15.9 Å². The van der Waals surface area contributed by atoms with Crippen molar-refractivity contribution in [2.24, 2.45) is 5.92 Å². The lowest BCUT2D eigenvalue weighted by Gasteiger charge is -2.31. The largest absolute Gasteiger partial charge is 0.354 e. The van der Waals surface area contributed by atoms with Crippen molar-refractivity contribution in [1.29, 1.82) is 0 Å². The molecule has 1 N–H and O–H groups in total. The Balaban J connectivity index is 2.15. The van der Waals surface area contributed by atoms with E-state index in [1.54, 1.807) is 12.1 Å². The zero-order chi connectivity index (χ0) is 18.4. The molecular weight excluding hydrogens is 336 g/mol. The van der Waals surface area contributed by atoms with Crippen molar-refractivity contribution in [3.05, 3.63) is 29.8 Å². The Labute approximate surface area is 151 Å². The van der Waals surface area contributed by atoms with Crippen LogP contribution in [0, 0.1) is 12.8 Å². The van der Waals surface area contributed by atoms with Gasteiger partial charge >= 0.3 is 0 Å². The summed E-state index contributed by atoms with van der Waals surface area (Å²) < 4.78 is 26.0. The number of nitrogens with zero attached hydrogens (tertiary/aromatic N) is 1. The van der Waals surface area contributed by atoms with Gasteiger partial charge in [0.25, 0.3) is 0 Å². The molecule has 0 saturated heterocycles. The van der Waals surface area contributed by atoms with E-state index in [0.717, 1.165) is 24.7 Å². The molecule has 1 aliphatic rings. The van der Waals surface area contributed by atoms with E-state index >= 15 is 0 Å². The molecule has 0 radical (unpaired) electrons. The Kier molecular flexibility index (Phi) is 6.87. The number of benzene rings is 1. The maximum absolute atomic E-state index is 12.7. The summed E-state index contributed by atoms with van der Waals surface area (Å²) in [6.45, 7) is 4.43. The van der Waals surface area contributed by atoms with Gasteiger partial charge in [-0.3, -0.25) is 9.10 Å². The van der Waals surface area contributed by atoms with Crippen molar-refractivity contribution in [3.63, 3.8) is 0 Å². The molecule has 2 rings (SSSR count). The lowest BCUT2D eigenvalue weighted by atomic mass is 9.89. The average Bonchev–Trinajstić information content (AvgIpc) is 2.58. The molecule has 0 spiro atoms. The summed E-state index contributed by atoms with van der Waals surface area (Å²) in [5.41, 5.74) is 1.58. The highest BCUT2D eigenvalue weighted by Gasteiger charge is 2.31. The summed E-state index contributed by atoms with van der Waals surface area (Å²) in [4.78, 5) is 12.7.